The first-order chi connectivity index (χ1) is 14.5. The first-order valence-electron chi connectivity index (χ1n) is 10.6. The SMILES string of the molecule is CCOc1ccc2c(c1)CN(C(=O)c1cccc(S(=O)(=O)N3CCCCC3)c1)CC2. The van der Waals surface area contributed by atoms with E-state index >= 15 is 0 Å². The summed E-state index contributed by atoms with van der Waals surface area (Å²) in [5.74, 6) is 0.665. The minimum absolute atomic E-state index is 0.141. The Labute approximate surface area is 178 Å². The van der Waals surface area contributed by atoms with Crippen LogP contribution >= 0.6 is 0 Å². The van der Waals surface area contributed by atoms with Gasteiger partial charge < -0.3 is 9.64 Å². The Morgan fingerprint density at radius 2 is 1.80 bits per heavy atom. The molecule has 1 fully saturated rings. The standard InChI is InChI=1S/C23H28N2O4S/c1-2-29-21-10-9-18-11-14-24(17-20(18)15-21)23(26)19-7-6-8-22(16-19)30(27,28)25-12-4-3-5-13-25/h6-10,15-16H,2-5,11-14,17H2,1H3. The van der Waals surface area contributed by atoms with Gasteiger partial charge in [-0.15, -0.1) is 0 Å². The van der Waals surface area contributed by atoms with E-state index in [9.17, 15) is 13.2 Å². The van der Waals surface area contributed by atoms with E-state index < -0.39 is 10.0 Å². The number of hydrogen-bond donors (Lipinski definition) is 0. The van der Waals surface area contributed by atoms with Gasteiger partial charge in [0.15, 0.2) is 0 Å². The van der Waals surface area contributed by atoms with Gasteiger partial charge >= 0.3 is 0 Å². The molecule has 2 aromatic rings. The molecule has 0 aliphatic carbocycles. The maximum Gasteiger partial charge on any atom is 0.254 e. The van der Waals surface area contributed by atoms with Crippen LogP contribution in [0.4, 0.5) is 0 Å². The summed E-state index contributed by atoms with van der Waals surface area (Å²) in [6.07, 6.45) is 3.61. The number of rotatable bonds is 5. The van der Waals surface area contributed by atoms with Crippen LogP contribution in [0.1, 0.15) is 47.7 Å². The number of sulfonamides is 1. The lowest BCUT2D eigenvalue weighted by atomic mass is 9.99. The third kappa shape index (κ3) is 4.23. The number of carbonyl (C=O) groups is 1. The third-order valence-corrected chi connectivity index (χ3v) is 7.72. The third-order valence-electron chi connectivity index (χ3n) is 5.82. The van der Waals surface area contributed by atoms with Gasteiger partial charge in [0.05, 0.1) is 11.5 Å². The molecule has 2 aliphatic rings. The van der Waals surface area contributed by atoms with Gasteiger partial charge in [0.1, 0.15) is 5.75 Å². The minimum atomic E-state index is -3.56. The topological polar surface area (TPSA) is 66.9 Å². The van der Waals surface area contributed by atoms with E-state index in [1.165, 1.54) is 15.9 Å². The van der Waals surface area contributed by atoms with E-state index in [-0.39, 0.29) is 10.8 Å². The largest absolute Gasteiger partial charge is 0.494 e. The summed E-state index contributed by atoms with van der Waals surface area (Å²) in [7, 11) is -3.56. The number of benzene rings is 2. The monoisotopic (exact) mass is 428 g/mol. The van der Waals surface area contributed by atoms with E-state index in [0.29, 0.717) is 38.3 Å². The molecule has 4 rings (SSSR count). The summed E-state index contributed by atoms with van der Waals surface area (Å²) in [5, 5.41) is 0. The number of carbonyl (C=O) groups excluding carboxylic acids is 1. The molecule has 0 unspecified atom stereocenters. The van der Waals surface area contributed by atoms with Crippen molar-refractivity contribution in [2.45, 2.75) is 44.0 Å². The molecule has 1 amide bonds. The molecular weight excluding hydrogens is 400 g/mol. The number of nitrogens with zero attached hydrogens (tertiary/aromatic N) is 2. The van der Waals surface area contributed by atoms with Gasteiger partial charge in [-0.2, -0.15) is 4.31 Å². The molecule has 0 N–H and O–H groups in total. The molecule has 2 heterocycles. The van der Waals surface area contributed by atoms with E-state index in [2.05, 4.69) is 6.07 Å². The highest BCUT2D eigenvalue weighted by molar-refractivity contribution is 7.89. The quantitative estimate of drug-likeness (QED) is 0.732. The van der Waals surface area contributed by atoms with E-state index in [0.717, 1.165) is 37.0 Å². The molecule has 6 nitrogen and oxygen atoms in total. The van der Waals surface area contributed by atoms with E-state index in [1.54, 1.807) is 23.1 Å². The highest BCUT2D eigenvalue weighted by Crippen LogP contribution is 2.26. The lowest BCUT2D eigenvalue weighted by molar-refractivity contribution is 0.0734. The predicted octanol–water partition coefficient (Wildman–Crippen LogP) is 3.46. The molecule has 0 radical (unpaired) electrons. The smallest absolute Gasteiger partial charge is 0.254 e. The zero-order valence-corrected chi connectivity index (χ0v) is 18.2. The molecule has 0 bridgehead atoms. The predicted molar refractivity (Wildman–Crippen MR) is 115 cm³/mol. The number of piperidine rings is 1. The fourth-order valence-corrected chi connectivity index (χ4v) is 5.75. The summed E-state index contributed by atoms with van der Waals surface area (Å²) < 4.78 is 33.1. The molecule has 30 heavy (non-hydrogen) atoms. The molecule has 2 aromatic carbocycles. The van der Waals surface area contributed by atoms with Crippen LogP contribution in [-0.2, 0) is 23.0 Å². The van der Waals surface area contributed by atoms with Gasteiger partial charge in [0.2, 0.25) is 10.0 Å². The van der Waals surface area contributed by atoms with E-state index in [4.69, 9.17) is 4.74 Å². The van der Waals surface area contributed by atoms with Gasteiger partial charge in [-0.1, -0.05) is 18.6 Å². The maximum atomic E-state index is 13.2. The van der Waals surface area contributed by atoms with Crippen LogP contribution in [0.15, 0.2) is 47.4 Å². The molecule has 0 aromatic heterocycles. The second-order valence-electron chi connectivity index (χ2n) is 7.83. The van der Waals surface area contributed by atoms with Crippen LogP contribution in [0.5, 0.6) is 5.75 Å². The Morgan fingerprint density at radius 1 is 1.00 bits per heavy atom. The van der Waals surface area contributed by atoms with Crippen molar-refractivity contribution in [3.05, 3.63) is 59.2 Å². The van der Waals surface area contributed by atoms with Crippen LogP contribution in [0, 0.1) is 0 Å². The Hall–Kier alpha value is -2.38. The fourth-order valence-electron chi connectivity index (χ4n) is 4.19. The Kier molecular flexibility index (Phi) is 6.11. The van der Waals surface area contributed by atoms with Gasteiger partial charge in [0, 0.05) is 31.7 Å². The minimum Gasteiger partial charge on any atom is -0.494 e. The summed E-state index contributed by atoms with van der Waals surface area (Å²) in [6, 6.07) is 12.5. The maximum absolute atomic E-state index is 13.2. The van der Waals surface area contributed by atoms with Crippen molar-refractivity contribution in [3.63, 3.8) is 0 Å². The second-order valence-corrected chi connectivity index (χ2v) is 9.77. The zero-order chi connectivity index (χ0) is 21.1. The molecular formula is C23H28N2O4S. The Balaban J connectivity index is 1.54. The molecule has 7 heteroatoms. The number of hydrogen-bond acceptors (Lipinski definition) is 4. The molecule has 0 spiro atoms. The average molecular weight is 429 g/mol. The Morgan fingerprint density at radius 3 is 2.57 bits per heavy atom. The van der Waals surface area contributed by atoms with Gasteiger partial charge in [0.25, 0.3) is 5.91 Å². The highest BCUT2D eigenvalue weighted by Gasteiger charge is 2.28. The van der Waals surface area contributed by atoms with Crippen LogP contribution in [-0.4, -0.2) is 49.8 Å². The molecule has 160 valence electrons. The van der Waals surface area contributed by atoms with Crippen molar-refractivity contribution in [1.29, 1.82) is 0 Å². The average Bonchev–Trinajstić information content (AvgIpc) is 2.79. The molecule has 1 saturated heterocycles. The lowest BCUT2D eigenvalue weighted by Crippen LogP contribution is -2.37. The number of ether oxygens (including phenoxy) is 1. The van der Waals surface area contributed by atoms with Gasteiger partial charge in [-0.05, 0) is 67.6 Å². The number of fused-ring (bicyclic) bond motifs is 1. The first kappa shape index (κ1) is 20.9. The summed E-state index contributed by atoms with van der Waals surface area (Å²) >= 11 is 0. The zero-order valence-electron chi connectivity index (χ0n) is 17.3. The van der Waals surface area contributed by atoms with Crippen LogP contribution < -0.4 is 4.74 Å². The van der Waals surface area contributed by atoms with Crippen molar-refractivity contribution in [1.82, 2.24) is 9.21 Å². The van der Waals surface area contributed by atoms with Crippen molar-refractivity contribution in [2.24, 2.45) is 0 Å². The molecule has 2 aliphatic heterocycles. The molecule has 0 saturated carbocycles. The highest BCUT2D eigenvalue weighted by atomic mass is 32.2. The van der Waals surface area contributed by atoms with Crippen molar-refractivity contribution < 1.29 is 17.9 Å². The van der Waals surface area contributed by atoms with Crippen molar-refractivity contribution >= 4 is 15.9 Å². The first-order valence-corrected chi connectivity index (χ1v) is 12.1. The number of amides is 1. The fraction of sp³-hybridized carbons (Fsp3) is 0.435. The summed E-state index contributed by atoms with van der Waals surface area (Å²) in [5.41, 5.74) is 2.72. The van der Waals surface area contributed by atoms with Gasteiger partial charge in [-0.25, -0.2) is 8.42 Å². The second kappa shape index (κ2) is 8.78. The lowest BCUT2D eigenvalue weighted by Gasteiger charge is -2.29. The van der Waals surface area contributed by atoms with Crippen molar-refractivity contribution in [3.8, 4) is 5.75 Å². The summed E-state index contributed by atoms with van der Waals surface area (Å²) in [4.78, 5) is 15.1. The Bertz CT molecular complexity index is 1030. The van der Waals surface area contributed by atoms with Crippen LogP contribution in [0.25, 0.3) is 0 Å². The molecule has 0 atom stereocenters. The van der Waals surface area contributed by atoms with Crippen LogP contribution in [0.3, 0.4) is 0 Å². The van der Waals surface area contributed by atoms with Crippen LogP contribution in [0.2, 0.25) is 0 Å². The normalized spacial score (nSPS) is 17.4. The van der Waals surface area contributed by atoms with Crippen molar-refractivity contribution in [2.75, 3.05) is 26.2 Å². The summed E-state index contributed by atoms with van der Waals surface area (Å²) in [6.45, 7) is 4.75. The van der Waals surface area contributed by atoms with Gasteiger partial charge in [-0.3, -0.25) is 4.79 Å². The van der Waals surface area contributed by atoms with E-state index in [1.807, 2.05) is 19.1 Å².